The topological polar surface area (TPSA) is 78.4 Å². The van der Waals surface area contributed by atoms with E-state index in [-0.39, 0.29) is 17.9 Å². The number of aryl methyl sites for hydroxylation is 1. The number of nitrogens with zero attached hydrogens (tertiary/aromatic N) is 4. The maximum atomic E-state index is 12.9. The second kappa shape index (κ2) is 9.49. The molecule has 0 spiro atoms. The van der Waals surface area contributed by atoms with Crippen LogP contribution >= 0.6 is 0 Å². The molecule has 7 nitrogen and oxygen atoms in total. The van der Waals surface area contributed by atoms with Gasteiger partial charge >= 0.3 is 0 Å². The molecule has 1 aromatic carbocycles. The maximum absolute atomic E-state index is 12.9. The summed E-state index contributed by atoms with van der Waals surface area (Å²) in [7, 11) is 3.56. The van der Waals surface area contributed by atoms with Gasteiger partial charge in [-0.1, -0.05) is 30.3 Å². The Bertz CT molecular complexity index is 856. The molecule has 0 aliphatic carbocycles. The Labute approximate surface area is 172 Å². The second-order valence-electron chi connectivity index (χ2n) is 7.46. The molecule has 154 valence electrons. The van der Waals surface area contributed by atoms with Gasteiger partial charge in [0.15, 0.2) is 5.82 Å². The number of rotatable bonds is 7. The highest BCUT2D eigenvalue weighted by Crippen LogP contribution is 2.31. The molecule has 1 aliphatic rings. The van der Waals surface area contributed by atoms with E-state index in [1.807, 2.05) is 48.3 Å². The van der Waals surface area contributed by atoms with E-state index in [1.165, 1.54) is 12.5 Å². The molecule has 0 radical (unpaired) electrons. The lowest BCUT2D eigenvalue weighted by molar-refractivity contribution is -0.132. The van der Waals surface area contributed by atoms with Gasteiger partial charge in [-0.3, -0.25) is 9.59 Å². The van der Waals surface area contributed by atoms with Crippen LogP contribution in [-0.2, 0) is 22.6 Å². The predicted octanol–water partition coefficient (Wildman–Crippen LogP) is 2.79. The van der Waals surface area contributed by atoms with Crippen molar-refractivity contribution < 1.29 is 9.59 Å². The number of hydrogen-bond acceptors (Lipinski definition) is 5. The fraction of sp³-hybridized carbons (Fsp3) is 0.455. The average molecular weight is 396 g/mol. The van der Waals surface area contributed by atoms with Crippen molar-refractivity contribution in [2.75, 3.05) is 26.0 Å². The smallest absolute Gasteiger partial charge is 0.223 e. The van der Waals surface area contributed by atoms with Crippen LogP contribution in [0.5, 0.6) is 0 Å². The molecule has 1 fully saturated rings. The van der Waals surface area contributed by atoms with Gasteiger partial charge in [0, 0.05) is 40.1 Å². The lowest BCUT2D eigenvalue weighted by atomic mass is 10.1. The minimum absolute atomic E-state index is 0.0187. The van der Waals surface area contributed by atoms with Crippen molar-refractivity contribution >= 4 is 17.6 Å². The molecule has 1 unspecified atom stereocenters. The van der Waals surface area contributed by atoms with Crippen LogP contribution in [0, 0.1) is 0 Å². The highest BCUT2D eigenvalue weighted by molar-refractivity contribution is 5.77. The summed E-state index contributed by atoms with van der Waals surface area (Å²) in [5, 5.41) is 3.07. The first-order chi connectivity index (χ1) is 14.0. The van der Waals surface area contributed by atoms with Gasteiger partial charge in [-0.2, -0.15) is 0 Å². The Kier molecular flexibility index (Phi) is 6.80. The normalized spacial score (nSPS) is 16.0. The molecular weight excluding hydrogens is 366 g/mol. The largest absolute Gasteiger partial charge is 0.373 e. The van der Waals surface area contributed by atoms with E-state index >= 15 is 0 Å². The standard InChI is InChI=1S/C22H29N5O2/c1-16(28)26(3)15-18-14-20(23-2)25-22(24-18)19-10-7-13-27(19)21(29)12-11-17-8-5-4-6-9-17/h4-6,8-9,14,19H,7,10-13,15H2,1-3H3,(H,23,24,25). The third-order valence-electron chi connectivity index (χ3n) is 5.33. The van der Waals surface area contributed by atoms with E-state index in [2.05, 4.69) is 10.3 Å². The quantitative estimate of drug-likeness (QED) is 0.780. The number of amides is 2. The molecule has 2 heterocycles. The molecule has 29 heavy (non-hydrogen) atoms. The number of likely N-dealkylation sites (tertiary alicyclic amines) is 1. The molecule has 1 atom stereocenters. The van der Waals surface area contributed by atoms with Crippen molar-refractivity contribution in [3.05, 3.63) is 53.5 Å². The summed E-state index contributed by atoms with van der Waals surface area (Å²) in [6, 6.07) is 11.8. The summed E-state index contributed by atoms with van der Waals surface area (Å²) in [6.45, 7) is 2.67. The van der Waals surface area contributed by atoms with Gasteiger partial charge in [0.05, 0.1) is 18.3 Å². The molecule has 1 aliphatic heterocycles. The summed E-state index contributed by atoms with van der Waals surface area (Å²) < 4.78 is 0. The van der Waals surface area contributed by atoms with Crippen molar-refractivity contribution in [3.8, 4) is 0 Å². The molecule has 1 aromatic heterocycles. The van der Waals surface area contributed by atoms with Gasteiger partial charge in [-0.05, 0) is 24.8 Å². The Balaban J connectivity index is 1.75. The molecule has 2 aromatic rings. The van der Waals surface area contributed by atoms with Crippen LogP contribution in [0.4, 0.5) is 5.82 Å². The zero-order chi connectivity index (χ0) is 20.8. The first-order valence-corrected chi connectivity index (χ1v) is 10.1. The fourth-order valence-electron chi connectivity index (χ4n) is 3.60. The third-order valence-corrected chi connectivity index (χ3v) is 5.33. The Morgan fingerprint density at radius 1 is 1.24 bits per heavy atom. The fourth-order valence-corrected chi connectivity index (χ4v) is 3.60. The minimum atomic E-state index is -0.118. The first kappa shape index (κ1) is 20.8. The van der Waals surface area contributed by atoms with Gasteiger partial charge in [-0.25, -0.2) is 9.97 Å². The van der Waals surface area contributed by atoms with Crippen LogP contribution in [0.1, 0.15) is 49.3 Å². The van der Waals surface area contributed by atoms with Gasteiger partial charge in [0.2, 0.25) is 11.8 Å². The molecule has 0 saturated carbocycles. The lowest BCUT2D eigenvalue weighted by Gasteiger charge is -2.25. The summed E-state index contributed by atoms with van der Waals surface area (Å²) in [6.07, 6.45) is 3.00. The Hall–Kier alpha value is -2.96. The van der Waals surface area contributed by atoms with E-state index in [9.17, 15) is 9.59 Å². The molecule has 3 rings (SSSR count). The molecule has 7 heteroatoms. The van der Waals surface area contributed by atoms with E-state index in [0.717, 1.165) is 31.5 Å². The maximum Gasteiger partial charge on any atom is 0.223 e. The summed E-state index contributed by atoms with van der Waals surface area (Å²) in [5.74, 6) is 1.46. The van der Waals surface area contributed by atoms with Crippen LogP contribution in [0.25, 0.3) is 0 Å². The van der Waals surface area contributed by atoms with Crippen LogP contribution in [-0.4, -0.2) is 52.2 Å². The van der Waals surface area contributed by atoms with Crippen LogP contribution in [0.2, 0.25) is 0 Å². The zero-order valence-electron chi connectivity index (χ0n) is 17.4. The number of carbonyl (C=O) groups excluding carboxylic acids is 2. The third kappa shape index (κ3) is 5.31. The zero-order valence-corrected chi connectivity index (χ0v) is 17.4. The number of aromatic nitrogens is 2. The number of benzene rings is 1. The highest BCUT2D eigenvalue weighted by atomic mass is 16.2. The summed E-state index contributed by atoms with van der Waals surface area (Å²) in [4.78, 5) is 37.3. The number of nitrogens with one attached hydrogen (secondary N) is 1. The monoisotopic (exact) mass is 395 g/mol. The highest BCUT2D eigenvalue weighted by Gasteiger charge is 2.32. The Morgan fingerprint density at radius 3 is 2.69 bits per heavy atom. The van der Waals surface area contributed by atoms with Crippen LogP contribution in [0.15, 0.2) is 36.4 Å². The van der Waals surface area contributed by atoms with Crippen molar-refractivity contribution in [3.63, 3.8) is 0 Å². The molecule has 2 amide bonds. The van der Waals surface area contributed by atoms with Crippen molar-refractivity contribution in [2.45, 2.75) is 45.2 Å². The SMILES string of the molecule is CNc1cc(CN(C)C(C)=O)nc(C2CCCN2C(=O)CCc2ccccc2)n1. The average Bonchev–Trinajstić information content (AvgIpc) is 3.22. The van der Waals surface area contributed by atoms with Crippen molar-refractivity contribution in [1.82, 2.24) is 19.8 Å². The van der Waals surface area contributed by atoms with Crippen molar-refractivity contribution in [1.29, 1.82) is 0 Å². The number of carbonyl (C=O) groups is 2. The minimum Gasteiger partial charge on any atom is -0.373 e. The number of anilines is 1. The van der Waals surface area contributed by atoms with Gasteiger partial charge in [0.25, 0.3) is 0 Å². The van der Waals surface area contributed by atoms with E-state index in [4.69, 9.17) is 4.98 Å². The first-order valence-electron chi connectivity index (χ1n) is 10.1. The summed E-state index contributed by atoms with van der Waals surface area (Å²) >= 11 is 0. The van der Waals surface area contributed by atoms with Gasteiger partial charge in [-0.15, -0.1) is 0 Å². The van der Waals surface area contributed by atoms with Crippen LogP contribution < -0.4 is 5.32 Å². The predicted molar refractivity (Wildman–Crippen MR) is 112 cm³/mol. The second-order valence-corrected chi connectivity index (χ2v) is 7.46. The summed E-state index contributed by atoms with van der Waals surface area (Å²) in [5.41, 5.74) is 1.93. The molecule has 1 N–H and O–H groups in total. The van der Waals surface area contributed by atoms with E-state index in [0.29, 0.717) is 24.6 Å². The van der Waals surface area contributed by atoms with Crippen molar-refractivity contribution in [2.24, 2.45) is 0 Å². The van der Waals surface area contributed by atoms with E-state index in [1.54, 1.807) is 11.9 Å². The molecule has 0 bridgehead atoms. The van der Waals surface area contributed by atoms with E-state index < -0.39 is 0 Å². The lowest BCUT2D eigenvalue weighted by Crippen LogP contribution is -2.32. The Morgan fingerprint density at radius 2 is 2.00 bits per heavy atom. The number of hydrogen-bond donors (Lipinski definition) is 1. The molecule has 1 saturated heterocycles. The van der Waals surface area contributed by atoms with Gasteiger partial charge in [0.1, 0.15) is 5.82 Å². The van der Waals surface area contributed by atoms with Gasteiger partial charge < -0.3 is 15.1 Å². The molecular formula is C22H29N5O2. The van der Waals surface area contributed by atoms with Crippen LogP contribution in [0.3, 0.4) is 0 Å².